The van der Waals surface area contributed by atoms with Crippen molar-refractivity contribution in [3.63, 3.8) is 0 Å². The molecule has 3 rings (SSSR count). The number of ether oxygens (including phenoxy) is 1. The molecule has 26 heavy (non-hydrogen) atoms. The van der Waals surface area contributed by atoms with Crippen molar-refractivity contribution in [3.8, 4) is 0 Å². The highest BCUT2D eigenvalue weighted by Crippen LogP contribution is 2.61. The molecule has 0 amide bonds. The number of hydrogen-bond donors (Lipinski definition) is 0. The van der Waals surface area contributed by atoms with E-state index in [-0.39, 0.29) is 12.2 Å². The maximum Gasteiger partial charge on any atom is 0.380 e. The molecule has 2 aliphatic rings. The first-order valence-corrected chi connectivity index (χ1v) is 10.5. The van der Waals surface area contributed by atoms with Crippen LogP contribution in [-0.4, -0.2) is 24.9 Å². The third-order valence-corrected chi connectivity index (χ3v) is 5.98. The van der Waals surface area contributed by atoms with Crippen LogP contribution in [0.2, 0.25) is 0 Å². The molecule has 1 fully saturated rings. The minimum atomic E-state index is -3.61. The van der Waals surface area contributed by atoms with Crippen LogP contribution in [0.1, 0.15) is 38.7 Å². The van der Waals surface area contributed by atoms with Crippen LogP contribution in [0.4, 0.5) is 0 Å². The third kappa shape index (κ3) is 5.71. The highest BCUT2D eigenvalue weighted by Gasteiger charge is 2.48. The summed E-state index contributed by atoms with van der Waals surface area (Å²) in [6, 6.07) is 9.91. The third-order valence-electron chi connectivity index (χ3n) is 4.34. The molecule has 1 aromatic carbocycles. The van der Waals surface area contributed by atoms with E-state index >= 15 is 0 Å². The summed E-state index contributed by atoms with van der Waals surface area (Å²) >= 11 is 0. The first-order valence-electron chi connectivity index (χ1n) is 9.00. The van der Waals surface area contributed by atoms with Crippen molar-refractivity contribution in [3.05, 3.63) is 59.7 Å². The number of hydrogen-bond acceptors (Lipinski definition) is 5. The lowest BCUT2D eigenvalue weighted by Gasteiger charge is -2.39. The van der Waals surface area contributed by atoms with E-state index in [2.05, 4.69) is 6.58 Å². The molecule has 5 nitrogen and oxygen atoms in total. The molecule has 0 radical (unpaired) electrons. The van der Waals surface area contributed by atoms with Crippen LogP contribution >= 0.6 is 8.17 Å². The van der Waals surface area contributed by atoms with Crippen molar-refractivity contribution in [2.24, 2.45) is 0 Å². The SMILES string of the molecule is C=C(C)C[C@@H]1C[C@H]2C/C(C)=C\[C@H](COCc3ccccc3)O[P+]([O-])(O1)O2. The van der Waals surface area contributed by atoms with E-state index in [9.17, 15) is 4.89 Å². The van der Waals surface area contributed by atoms with Gasteiger partial charge in [0.1, 0.15) is 18.3 Å². The van der Waals surface area contributed by atoms with Gasteiger partial charge in [-0.2, -0.15) is 13.6 Å². The number of phosphoric acid groups is 1. The summed E-state index contributed by atoms with van der Waals surface area (Å²) in [7, 11) is -3.61. The topological polar surface area (TPSA) is 60.0 Å². The van der Waals surface area contributed by atoms with E-state index in [4.69, 9.17) is 18.3 Å². The molecular weight excluding hydrogens is 351 g/mol. The van der Waals surface area contributed by atoms with Crippen LogP contribution < -0.4 is 4.89 Å². The van der Waals surface area contributed by atoms with Crippen molar-refractivity contribution in [1.29, 1.82) is 0 Å². The summed E-state index contributed by atoms with van der Waals surface area (Å²) in [6.45, 7) is 8.67. The first kappa shape index (κ1) is 19.7. The van der Waals surface area contributed by atoms with E-state index in [1.54, 1.807) is 0 Å². The Morgan fingerprint density at radius 1 is 1.27 bits per heavy atom. The Kier molecular flexibility index (Phi) is 6.62. The quantitative estimate of drug-likeness (QED) is 0.551. The molecule has 142 valence electrons. The van der Waals surface area contributed by atoms with Crippen LogP contribution in [0.3, 0.4) is 0 Å². The number of rotatable bonds is 6. The fourth-order valence-corrected chi connectivity index (χ4v) is 4.99. The van der Waals surface area contributed by atoms with E-state index in [1.807, 2.05) is 50.3 Å². The van der Waals surface area contributed by atoms with Gasteiger partial charge in [-0.25, -0.2) is 0 Å². The molecule has 0 spiro atoms. The number of phosphoric ester groups is 1. The Hall–Kier alpha value is -1.07. The molecule has 4 atom stereocenters. The fourth-order valence-electron chi connectivity index (χ4n) is 3.34. The summed E-state index contributed by atoms with van der Waals surface area (Å²) in [5.74, 6) is 0. The lowest BCUT2D eigenvalue weighted by atomic mass is 10.00. The van der Waals surface area contributed by atoms with Crippen LogP contribution in [0.15, 0.2) is 54.1 Å². The minimum Gasteiger partial charge on any atom is -0.606 e. The highest BCUT2D eigenvalue weighted by atomic mass is 31.2. The van der Waals surface area contributed by atoms with Crippen LogP contribution in [0.25, 0.3) is 0 Å². The molecule has 0 aliphatic carbocycles. The van der Waals surface area contributed by atoms with Gasteiger partial charge in [0.05, 0.1) is 13.2 Å². The summed E-state index contributed by atoms with van der Waals surface area (Å²) in [6.07, 6.45) is 3.24. The summed E-state index contributed by atoms with van der Waals surface area (Å²) in [4.78, 5) is 13.0. The van der Waals surface area contributed by atoms with Gasteiger partial charge in [0.15, 0.2) is 0 Å². The van der Waals surface area contributed by atoms with Crippen molar-refractivity contribution in [1.82, 2.24) is 0 Å². The second-order valence-electron chi connectivity index (χ2n) is 7.16. The van der Waals surface area contributed by atoms with Crippen molar-refractivity contribution < 1.29 is 23.2 Å². The Bertz CT molecular complexity index is 647. The summed E-state index contributed by atoms with van der Waals surface area (Å²) in [5.41, 5.74) is 3.22. The minimum absolute atomic E-state index is 0.152. The van der Waals surface area contributed by atoms with E-state index < -0.39 is 14.3 Å². The summed E-state index contributed by atoms with van der Waals surface area (Å²) in [5, 5.41) is 0. The smallest absolute Gasteiger partial charge is 0.380 e. The van der Waals surface area contributed by atoms with E-state index in [0.29, 0.717) is 26.1 Å². The molecule has 2 heterocycles. The molecular formula is C20H27O5P. The van der Waals surface area contributed by atoms with Gasteiger partial charge in [-0.15, -0.1) is 6.58 Å². The van der Waals surface area contributed by atoms with Crippen molar-refractivity contribution in [2.75, 3.05) is 6.61 Å². The van der Waals surface area contributed by atoms with Gasteiger partial charge in [-0.1, -0.05) is 41.5 Å². The molecule has 1 unspecified atom stereocenters. The van der Waals surface area contributed by atoms with Gasteiger partial charge in [0.2, 0.25) is 0 Å². The zero-order valence-corrected chi connectivity index (χ0v) is 16.3. The molecule has 0 saturated carbocycles. The molecule has 0 N–H and O–H groups in total. The van der Waals surface area contributed by atoms with Gasteiger partial charge in [0, 0.05) is 6.42 Å². The Labute approximate surface area is 156 Å². The Balaban J connectivity index is 1.64. The summed E-state index contributed by atoms with van der Waals surface area (Å²) < 4.78 is 22.9. The van der Waals surface area contributed by atoms with E-state index in [1.165, 1.54) is 0 Å². The average molecular weight is 378 g/mol. The average Bonchev–Trinajstić information content (AvgIpc) is 2.53. The molecule has 2 aliphatic heterocycles. The van der Waals surface area contributed by atoms with Crippen LogP contribution in [0, 0.1) is 0 Å². The predicted octanol–water partition coefficient (Wildman–Crippen LogP) is 4.12. The molecule has 1 saturated heterocycles. The van der Waals surface area contributed by atoms with E-state index in [0.717, 1.165) is 23.1 Å². The standard InChI is InChI=1S/C20H27O5P/c1-15(2)9-18-12-19-10-16(3)11-20(25-26(21,23-18)24-19)14-22-13-17-7-5-4-6-8-17/h4-8,11,18-20H,1,9-10,12-14H2,2-3H3/b16-11-/t18-,19-,20-,26?/m1/s1. The van der Waals surface area contributed by atoms with Crippen LogP contribution in [-0.2, 0) is 24.9 Å². The molecule has 0 aromatic heterocycles. The largest absolute Gasteiger partial charge is 0.606 e. The lowest BCUT2D eigenvalue weighted by Crippen LogP contribution is -2.39. The second-order valence-corrected chi connectivity index (χ2v) is 8.69. The zero-order valence-electron chi connectivity index (χ0n) is 15.4. The van der Waals surface area contributed by atoms with Crippen molar-refractivity contribution in [2.45, 2.75) is 58.0 Å². The molecule has 1 aromatic rings. The Morgan fingerprint density at radius 2 is 2.04 bits per heavy atom. The second kappa shape index (κ2) is 8.75. The molecule has 6 heteroatoms. The van der Waals surface area contributed by atoms with Gasteiger partial charge in [-0.3, -0.25) is 0 Å². The first-order chi connectivity index (χ1) is 12.4. The highest BCUT2D eigenvalue weighted by molar-refractivity contribution is 7.54. The maximum absolute atomic E-state index is 13.0. The monoisotopic (exact) mass is 378 g/mol. The molecule has 2 bridgehead atoms. The van der Waals surface area contributed by atoms with Gasteiger partial charge in [-0.05, 0) is 38.3 Å². The number of benzene rings is 1. The Morgan fingerprint density at radius 3 is 2.77 bits per heavy atom. The maximum atomic E-state index is 13.0. The lowest BCUT2D eigenvalue weighted by molar-refractivity contribution is -0.272. The normalized spacial score (nSPS) is 33.7. The zero-order chi connectivity index (χ0) is 18.6. The predicted molar refractivity (Wildman–Crippen MR) is 100 cm³/mol. The number of fused-ring (bicyclic) bond motifs is 2. The van der Waals surface area contributed by atoms with Gasteiger partial charge >= 0.3 is 8.17 Å². The van der Waals surface area contributed by atoms with Gasteiger partial charge < -0.3 is 9.63 Å². The van der Waals surface area contributed by atoms with Gasteiger partial charge in [0.25, 0.3) is 0 Å². The van der Waals surface area contributed by atoms with Crippen molar-refractivity contribution >= 4 is 8.17 Å². The fraction of sp³-hybridized carbons (Fsp3) is 0.500. The van der Waals surface area contributed by atoms with Crippen LogP contribution in [0.5, 0.6) is 0 Å².